The molecule has 2 heteroatoms. The van der Waals surface area contributed by atoms with Crippen molar-refractivity contribution in [1.29, 1.82) is 0 Å². The number of rotatable bonds is 5. The molecule has 0 saturated heterocycles. The first kappa shape index (κ1) is 9.05. The summed E-state index contributed by atoms with van der Waals surface area (Å²) >= 11 is 1.63. The second-order valence-corrected chi connectivity index (χ2v) is 3.24. The summed E-state index contributed by atoms with van der Waals surface area (Å²) in [5.41, 5.74) is 0. The molecule has 0 bridgehead atoms. The fraction of sp³-hybridized carbons (Fsp3) is 0.714. The second kappa shape index (κ2) is 6.17. The minimum Gasteiger partial charge on any atom is -0.260 e. The van der Waals surface area contributed by atoms with Gasteiger partial charge in [-0.25, -0.2) is 0 Å². The van der Waals surface area contributed by atoms with Crippen molar-refractivity contribution in [3.05, 3.63) is 11.5 Å². The predicted molar refractivity (Wildman–Crippen MR) is 45.3 cm³/mol. The molecule has 0 radical (unpaired) electrons. The van der Waals surface area contributed by atoms with Crippen LogP contribution >= 0.6 is 11.9 Å². The van der Waals surface area contributed by atoms with Crippen molar-refractivity contribution < 1.29 is 0 Å². The summed E-state index contributed by atoms with van der Waals surface area (Å²) in [4.78, 5) is 1.13. The van der Waals surface area contributed by atoms with E-state index in [1.165, 1.54) is 12.8 Å². The Kier molecular flexibility index (Phi) is 6.21. The molecule has 0 aliphatic heterocycles. The number of hydrogen-bond donors (Lipinski definition) is 1. The van der Waals surface area contributed by atoms with E-state index in [9.17, 15) is 0 Å². The average Bonchev–Trinajstić information content (AvgIpc) is 1.80. The standard InChI is InChI=1S/C7H15NS/c1-4-5-6-8-9-7(2)3/h8H,2,4-6H2,1,3H3. The minimum absolute atomic E-state index is 1.09. The number of nitrogens with one attached hydrogen (secondary N) is 1. The summed E-state index contributed by atoms with van der Waals surface area (Å²) in [5, 5.41) is 0. The van der Waals surface area contributed by atoms with Crippen LogP contribution < -0.4 is 4.72 Å². The van der Waals surface area contributed by atoms with Gasteiger partial charge in [-0.1, -0.05) is 31.9 Å². The Hall–Kier alpha value is 0.0500. The number of unbranched alkanes of at least 4 members (excludes halogenated alkanes) is 1. The van der Waals surface area contributed by atoms with E-state index in [1.807, 2.05) is 6.92 Å². The fourth-order valence-electron chi connectivity index (χ4n) is 0.423. The molecule has 54 valence electrons. The molecule has 0 atom stereocenters. The molecule has 0 fully saturated rings. The van der Waals surface area contributed by atoms with Gasteiger partial charge in [-0.2, -0.15) is 0 Å². The van der Waals surface area contributed by atoms with Crippen molar-refractivity contribution in [1.82, 2.24) is 4.72 Å². The molecule has 0 aromatic heterocycles. The van der Waals surface area contributed by atoms with Gasteiger partial charge in [0.05, 0.1) is 0 Å². The fourth-order valence-corrected chi connectivity index (χ4v) is 0.916. The van der Waals surface area contributed by atoms with Crippen molar-refractivity contribution in [2.24, 2.45) is 0 Å². The maximum Gasteiger partial charge on any atom is 0.00615 e. The Morgan fingerprint density at radius 2 is 2.33 bits per heavy atom. The quantitative estimate of drug-likeness (QED) is 0.471. The maximum absolute atomic E-state index is 3.75. The molecular weight excluding hydrogens is 130 g/mol. The lowest BCUT2D eigenvalue weighted by Gasteiger charge is -1.99. The number of hydrogen-bond acceptors (Lipinski definition) is 2. The van der Waals surface area contributed by atoms with Crippen LogP contribution in [0.25, 0.3) is 0 Å². The Labute approximate surface area is 62.0 Å². The van der Waals surface area contributed by atoms with Gasteiger partial charge in [-0.05, 0) is 18.2 Å². The van der Waals surface area contributed by atoms with Gasteiger partial charge in [-0.3, -0.25) is 4.72 Å². The minimum atomic E-state index is 1.09. The third-order valence-electron chi connectivity index (χ3n) is 0.879. The molecule has 0 rings (SSSR count). The van der Waals surface area contributed by atoms with Crippen molar-refractivity contribution in [2.75, 3.05) is 6.54 Å². The van der Waals surface area contributed by atoms with Gasteiger partial charge >= 0.3 is 0 Å². The monoisotopic (exact) mass is 145 g/mol. The molecule has 0 aliphatic rings. The molecule has 0 saturated carbocycles. The smallest absolute Gasteiger partial charge is 0.00615 e. The van der Waals surface area contributed by atoms with Crippen LogP contribution in [0.3, 0.4) is 0 Å². The van der Waals surface area contributed by atoms with Crippen LogP contribution in [0.4, 0.5) is 0 Å². The SMILES string of the molecule is C=C(C)SNCCCC. The van der Waals surface area contributed by atoms with E-state index >= 15 is 0 Å². The Balaban J connectivity index is 2.83. The van der Waals surface area contributed by atoms with Crippen LogP contribution in [0.5, 0.6) is 0 Å². The lowest BCUT2D eigenvalue weighted by molar-refractivity contribution is 0.777. The zero-order chi connectivity index (χ0) is 7.11. The Morgan fingerprint density at radius 1 is 1.67 bits per heavy atom. The van der Waals surface area contributed by atoms with Gasteiger partial charge in [0.2, 0.25) is 0 Å². The summed E-state index contributed by atoms with van der Waals surface area (Å²) < 4.78 is 3.20. The molecule has 0 aromatic carbocycles. The molecule has 0 amide bonds. The lowest BCUT2D eigenvalue weighted by atomic mass is 10.3. The van der Waals surface area contributed by atoms with Gasteiger partial charge in [0.15, 0.2) is 0 Å². The van der Waals surface area contributed by atoms with Crippen LogP contribution in [0.15, 0.2) is 11.5 Å². The van der Waals surface area contributed by atoms with Crippen molar-refractivity contribution in [2.45, 2.75) is 26.7 Å². The molecule has 0 aliphatic carbocycles. The third-order valence-corrected chi connectivity index (χ3v) is 1.58. The lowest BCUT2D eigenvalue weighted by Crippen LogP contribution is -2.03. The second-order valence-electron chi connectivity index (χ2n) is 2.05. The van der Waals surface area contributed by atoms with Crippen LogP contribution in [0.2, 0.25) is 0 Å². The summed E-state index contributed by atoms with van der Waals surface area (Å²) in [5.74, 6) is 0. The van der Waals surface area contributed by atoms with Crippen LogP contribution in [-0.2, 0) is 0 Å². The molecule has 0 heterocycles. The molecule has 1 N–H and O–H groups in total. The topological polar surface area (TPSA) is 12.0 Å². The van der Waals surface area contributed by atoms with Crippen LogP contribution in [0.1, 0.15) is 26.7 Å². The molecule has 0 spiro atoms. The largest absolute Gasteiger partial charge is 0.260 e. The average molecular weight is 145 g/mol. The predicted octanol–water partition coefficient (Wildman–Crippen LogP) is 2.56. The molecule has 9 heavy (non-hydrogen) atoms. The van der Waals surface area contributed by atoms with Crippen molar-refractivity contribution in [3.8, 4) is 0 Å². The highest BCUT2D eigenvalue weighted by Gasteiger charge is 1.84. The van der Waals surface area contributed by atoms with Gasteiger partial charge in [0, 0.05) is 6.54 Å². The summed E-state index contributed by atoms with van der Waals surface area (Å²) in [6.45, 7) is 9.04. The van der Waals surface area contributed by atoms with E-state index in [0.29, 0.717) is 0 Å². The number of allylic oxidation sites excluding steroid dienone is 1. The van der Waals surface area contributed by atoms with Crippen molar-refractivity contribution in [3.63, 3.8) is 0 Å². The summed E-state index contributed by atoms with van der Waals surface area (Å²) in [6, 6.07) is 0. The zero-order valence-electron chi connectivity index (χ0n) is 6.24. The Morgan fingerprint density at radius 3 is 2.78 bits per heavy atom. The van der Waals surface area contributed by atoms with Crippen molar-refractivity contribution >= 4 is 11.9 Å². The maximum atomic E-state index is 3.75. The highest BCUT2D eigenvalue weighted by molar-refractivity contribution is 8.01. The van der Waals surface area contributed by atoms with Crippen LogP contribution in [-0.4, -0.2) is 6.54 Å². The molecule has 1 nitrogen and oxygen atoms in total. The summed E-state index contributed by atoms with van der Waals surface area (Å²) in [7, 11) is 0. The molecular formula is C7H15NS. The zero-order valence-corrected chi connectivity index (χ0v) is 7.05. The third kappa shape index (κ3) is 8.05. The van der Waals surface area contributed by atoms with Gasteiger partial charge in [0.1, 0.15) is 0 Å². The van der Waals surface area contributed by atoms with E-state index in [4.69, 9.17) is 0 Å². The first-order valence-corrected chi connectivity index (χ1v) is 4.14. The van der Waals surface area contributed by atoms with E-state index in [1.54, 1.807) is 11.9 Å². The highest BCUT2D eigenvalue weighted by Crippen LogP contribution is 2.05. The molecule has 0 aromatic rings. The molecule has 0 unspecified atom stereocenters. The van der Waals surface area contributed by atoms with Gasteiger partial charge < -0.3 is 0 Å². The van der Waals surface area contributed by atoms with E-state index in [0.717, 1.165) is 11.4 Å². The Bertz CT molecular complexity index is 81.0. The van der Waals surface area contributed by atoms with Crippen LogP contribution in [0, 0.1) is 0 Å². The first-order valence-electron chi connectivity index (χ1n) is 3.32. The first-order chi connectivity index (χ1) is 4.27. The summed E-state index contributed by atoms with van der Waals surface area (Å²) in [6.07, 6.45) is 2.50. The van der Waals surface area contributed by atoms with E-state index in [-0.39, 0.29) is 0 Å². The van der Waals surface area contributed by atoms with Gasteiger partial charge in [-0.15, -0.1) is 0 Å². The highest BCUT2D eigenvalue weighted by atomic mass is 32.2. The normalized spacial score (nSPS) is 9.56. The van der Waals surface area contributed by atoms with E-state index in [2.05, 4.69) is 18.2 Å². The van der Waals surface area contributed by atoms with E-state index < -0.39 is 0 Å². The van der Waals surface area contributed by atoms with Gasteiger partial charge in [0.25, 0.3) is 0 Å².